The van der Waals surface area contributed by atoms with Crippen molar-refractivity contribution in [1.82, 2.24) is 4.98 Å². The van der Waals surface area contributed by atoms with E-state index in [9.17, 15) is 0 Å². The number of nitrogens with zero attached hydrogens (tertiary/aromatic N) is 3. The molecule has 0 atom stereocenters. The van der Waals surface area contributed by atoms with Crippen LogP contribution in [-0.4, -0.2) is 17.8 Å². The lowest BCUT2D eigenvalue weighted by Gasteiger charge is -2.26. The van der Waals surface area contributed by atoms with Gasteiger partial charge in [-0.25, -0.2) is 4.99 Å². The topological polar surface area (TPSA) is 46.8 Å². The Hall–Kier alpha value is -1.45. The van der Waals surface area contributed by atoms with E-state index in [-0.39, 0.29) is 5.66 Å². The van der Waals surface area contributed by atoms with Crippen LogP contribution in [0, 0.1) is 0 Å². The van der Waals surface area contributed by atoms with Crippen LogP contribution in [0.2, 0.25) is 0 Å². The summed E-state index contributed by atoms with van der Waals surface area (Å²) in [5.41, 5.74) is 0.557. The summed E-state index contributed by atoms with van der Waals surface area (Å²) in [4.78, 5) is 13.8. The number of methoxy groups -OCH3 is 1. The molecule has 4 nitrogen and oxygen atoms in total. The second-order valence-corrected chi connectivity index (χ2v) is 4.46. The maximum absolute atomic E-state index is 5.10. The van der Waals surface area contributed by atoms with Crippen LogP contribution < -0.4 is 15.6 Å². The van der Waals surface area contributed by atoms with Gasteiger partial charge in [-0.3, -0.25) is 4.99 Å². The van der Waals surface area contributed by atoms with Crippen LogP contribution >= 0.6 is 0 Å². The first-order chi connectivity index (χ1) is 7.81. The van der Waals surface area contributed by atoms with Crippen LogP contribution in [0.3, 0.4) is 0 Å². The van der Waals surface area contributed by atoms with E-state index < -0.39 is 0 Å². The van der Waals surface area contributed by atoms with Crippen molar-refractivity contribution in [2.75, 3.05) is 7.11 Å². The predicted molar refractivity (Wildman–Crippen MR) is 58.9 cm³/mol. The Labute approximate surface area is 94.1 Å². The number of fused-ring (bicyclic) bond motifs is 1. The minimum absolute atomic E-state index is 0.194. The first-order valence-corrected chi connectivity index (χ1v) is 5.82. The van der Waals surface area contributed by atoms with Crippen molar-refractivity contribution in [1.29, 1.82) is 0 Å². The van der Waals surface area contributed by atoms with Gasteiger partial charge in [-0.2, -0.15) is 4.98 Å². The number of ether oxygens (including phenoxy) is 1. The third kappa shape index (κ3) is 1.49. The molecule has 1 fully saturated rings. The van der Waals surface area contributed by atoms with Crippen LogP contribution in [0.15, 0.2) is 22.1 Å². The largest absolute Gasteiger partial charge is 0.481 e. The lowest BCUT2D eigenvalue weighted by molar-refractivity contribution is 0.308. The number of hydrogen-bond acceptors (Lipinski definition) is 4. The minimum atomic E-state index is -0.194. The van der Waals surface area contributed by atoms with Crippen molar-refractivity contribution >= 4 is 0 Å². The van der Waals surface area contributed by atoms with E-state index in [0.29, 0.717) is 5.88 Å². The average molecular weight is 217 g/mol. The van der Waals surface area contributed by atoms with Gasteiger partial charge in [0.15, 0.2) is 11.2 Å². The Morgan fingerprint density at radius 3 is 2.69 bits per heavy atom. The summed E-state index contributed by atoms with van der Waals surface area (Å²) in [6.45, 7) is 0. The van der Waals surface area contributed by atoms with Crippen LogP contribution in [-0.2, 0) is 0 Å². The Morgan fingerprint density at radius 2 is 1.94 bits per heavy atom. The fourth-order valence-corrected chi connectivity index (χ4v) is 2.49. The van der Waals surface area contributed by atoms with Gasteiger partial charge in [-0.1, -0.05) is 6.42 Å². The van der Waals surface area contributed by atoms with Gasteiger partial charge in [0.1, 0.15) is 5.36 Å². The monoisotopic (exact) mass is 217 g/mol. The summed E-state index contributed by atoms with van der Waals surface area (Å²) in [6, 6.07) is 3.80. The molecule has 0 saturated heterocycles. The highest BCUT2D eigenvalue weighted by molar-refractivity contribution is 5.12. The molecule has 2 aliphatic rings. The zero-order valence-electron chi connectivity index (χ0n) is 9.44. The highest BCUT2D eigenvalue weighted by atomic mass is 16.5. The fraction of sp³-hybridized carbons (Fsp3) is 0.583. The summed E-state index contributed by atoms with van der Waals surface area (Å²) in [7, 11) is 1.62. The van der Waals surface area contributed by atoms with Crippen molar-refractivity contribution in [3.05, 3.63) is 23.0 Å². The van der Waals surface area contributed by atoms with Crippen molar-refractivity contribution in [3.63, 3.8) is 0 Å². The fourth-order valence-electron chi connectivity index (χ4n) is 2.49. The van der Waals surface area contributed by atoms with Crippen LogP contribution in [0.1, 0.15) is 32.1 Å². The Balaban J connectivity index is 2.07. The summed E-state index contributed by atoms with van der Waals surface area (Å²) in [5.74, 6) is 0.616. The molecular weight excluding hydrogens is 202 g/mol. The third-order valence-electron chi connectivity index (χ3n) is 3.34. The lowest BCUT2D eigenvalue weighted by atomic mass is 9.90. The standard InChI is InChI=1S/C12H15N3O/c1-16-10-6-5-9-11(13-10)15-12(14-9)7-3-2-4-8-12/h5-6H,2-4,7-8H2,1H3. The molecule has 0 bridgehead atoms. The molecule has 0 aromatic carbocycles. The molecule has 0 N–H and O–H groups in total. The third-order valence-corrected chi connectivity index (χ3v) is 3.34. The molecule has 1 aliphatic carbocycles. The maximum Gasteiger partial charge on any atom is 0.215 e. The molecule has 4 heteroatoms. The van der Waals surface area contributed by atoms with E-state index in [2.05, 4.69) is 4.98 Å². The zero-order chi connectivity index (χ0) is 11.0. The number of aromatic nitrogens is 1. The zero-order valence-corrected chi connectivity index (χ0v) is 9.44. The van der Waals surface area contributed by atoms with Crippen molar-refractivity contribution in [2.45, 2.75) is 37.8 Å². The Kier molecular flexibility index (Phi) is 2.16. The van der Waals surface area contributed by atoms with Gasteiger partial charge in [0.2, 0.25) is 5.88 Å². The van der Waals surface area contributed by atoms with Crippen molar-refractivity contribution in [2.24, 2.45) is 9.98 Å². The van der Waals surface area contributed by atoms with E-state index in [4.69, 9.17) is 14.7 Å². The van der Waals surface area contributed by atoms with Crippen LogP contribution in [0.25, 0.3) is 0 Å². The first kappa shape index (κ1) is 9.75. The van der Waals surface area contributed by atoms with Gasteiger partial charge in [0, 0.05) is 6.07 Å². The minimum Gasteiger partial charge on any atom is -0.481 e. The molecule has 2 heterocycles. The smallest absolute Gasteiger partial charge is 0.215 e. The molecule has 3 rings (SSSR count). The van der Waals surface area contributed by atoms with Gasteiger partial charge in [-0.05, 0) is 31.7 Å². The second kappa shape index (κ2) is 3.54. The van der Waals surface area contributed by atoms with E-state index in [1.807, 2.05) is 12.1 Å². The molecule has 16 heavy (non-hydrogen) atoms. The molecule has 0 unspecified atom stereocenters. The molecule has 1 aromatic rings. The Bertz CT molecular complexity index is 518. The van der Waals surface area contributed by atoms with Gasteiger partial charge in [0.25, 0.3) is 0 Å². The molecule has 1 saturated carbocycles. The predicted octanol–water partition coefficient (Wildman–Crippen LogP) is 1.00. The van der Waals surface area contributed by atoms with Crippen LogP contribution in [0.5, 0.6) is 5.88 Å². The van der Waals surface area contributed by atoms with Gasteiger partial charge in [0.05, 0.1) is 7.11 Å². The summed E-state index contributed by atoms with van der Waals surface area (Å²) < 4.78 is 5.10. The number of hydrogen-bond donors (Lipinski definition) is 0. The summed E-state index contributed by atoms with van der Waals surface area (Å²) >= 11 is 0. The van der Waals surface area contributed by atoms with E-state index >= 15 is 0 Å². The normalized spacial score (nSPS) is 21.1. The van der Waals surface area contributed by atoms with E-state index in [1.54, 1.807) is 7.11 Å². The molecule has 84 valence electrons. The summed E-state index contributed by atoms with van der Waals surface area (Å²) in [5, 5.41) is 0.919. The van der Waals surface area contributed by atoms with Gasteiger partial charge < -0.3 is 4.74 Å². The lowest BCUT2D eigenvalue weighted by Crippen LogP contribution is -2.26. The first-order valence-electron chi connectivity index (χ1n) is 5.82. The van der Waals surface area contributed by atoms with Gasteiger partial charge in [-0.15, -0.1) is 0 Å². The van der Waals surface area contributed by atoms with Crippen molar-refractivity contribution in [3.8, 4) is 5.88 Å². The average Bonchev–Trinajstić information content (AvgIpc) is 2.66. The SMILES string of the molecule is COc1ccc2c(n1)=NC1(CCCCC1)N=2. The summed E-state index contributed by atoms with van der Waals surface area (Å²) in [6.07, 6.45) is 5.87. The highest BCUT2D eigenvalue weighted by Crippen LogP contribution is 2.32. The number of pyridine rings is 1. The van der Waals surface area contributed by atoms with Crippen molar-refractivity contribution < 1.29 is 4.74 Å². The molecular formula is C12H15N3O. The molecule has 1 aliphatic heterocycles. The molecule has 0 radical (unpaired) electrons. The van der Waals surface area contributed by atoms with E-state index in [1.165, 1.54) is 19.3 Å². The Morgan fingerprint density at radius 1 is 1.12 bits per heavy atom. The maximum atomic E-state index is 5.10. The molecule has 1 spiro atoms. The van der Waals surface area contributed by atoms with Gasteiger partial charge >= 0.3 is 0 Å². The van der Waals surface area contributed by atoms with E-state index in [0.717, 1.165) is 23.7 Å². The highest BCUT2D eigenvalue weighted by Gasteiger charge is 2.33. The number of rotatable bonds is 1. The second-order valence-electron chi connectivity index (χ2n) is 4.46. The quantitative estimate of drug-likeness (QED) is 0.704. The van der Waals surface area contributed by atoms with Crippen LogP contribution in [0.4, 0.5) is 0 Å². The molecule has 0 amide bonds. The molecule has 1 aromatic heterocycles.